The Morgan fingerprint density at radius 2 is 2.15 bits per heavy atom. The number of nitrogens with zero attached hydrogens (tertiary/aromatic N) is 1. The molecular weight excluding hydrogens is 213 g/mol. The van der Waals surface area contributed by atoms with Crippen LogP contribution in [0.15, 0.2) is 28.6 Å². The lowest BCUT2D eigenvalue weighted by Crippen LogP contribution is -1.90. The molecule has 0 radical (unpaired) electrons. The molecule has 0 bridgehead atoms. The molecule has 0 atom stereocenters. The average molecular weight is 217 g/mol. The number of hydrogen-bond donors (Lipinski definition) is 0. The predicted octanol–water partition coefficient (Wildman–Crippen LogP) is 1.95. The van der Waals surface area contributed by atoms with Crippen molar-refractivity contribution in [2.45, 2.75) is 4.90 Å². The van der Waals surface area contributed by atoms with Crippen molar-refractivity contribution in [1.82, 2.24) is 4.98 Å². The molecule has 0 aliphatic heterocycles. The molecule has 13 heavy (non-hydrogen) atoms. The Labute approximate surface area is 78.1 Å². The summed E-state index contributed by atoms with van der Waals surface area (Å²) in [5.41, 5.74) is 2.26. The molecule has 0 amide bonds. The smallest absolute Gasteiger partial charge is 0.245 e. The Bertz CT molecular complexity index is 546. The Balaban J connectivity index is 2.75. The van der Waals surface area contributed by atoms with Gasteiger partial charge in [0.25, 0.3) is 0 Å². The summed E-state index contributed by atoms with van der Waals surface area (Å²) in [5, 5.41) is 0. The van der Waals surface area contributed by atoms with Gasteiger partial charge in [-0.05, 0) is 18.2 Å². The van der Waals surface area contributed by atoms with Gasteiger partial charge < -0.3 is 0 Å². The minimum Gasteiger partial charge on any atom is -0.245 e. The summed E-state index contributed by atoms with van der Waals surface area (Å²) < 4.78 is 34.2. The maximum Gasteiger partial charge on any atom is 0.332 e. The molecule has 0 saturated carbocycles. The van der Waals surface area contributed by atoms with E-state index in [1.807, 2.05) is 0 Å². The number of aromatic nitrogens is 1. The highest BCUT2D eigenvalue weighted by molar-refractivity contribution is 7.86. The number of benzene rings is 1. The molecule has 1 heterocycles. The molecule has 0 N–H and O–H groups in total. The third-order valence-electron chi connectivity index (χ3n) is 1.58. The highest BCUT2D eigenvalue weighted by Gasteiger charge is 2.12. The number of halogens is 1. The van der Waals surface area contributed by atoms with Crippen LogP contribution in [-0.2, 0) is 10.2 Å². The Kier molecular flexibility index (Phi) is 1.81. The lowest BCUT2D eigenvalue weighted by atomic mass is 10.3. The van der Waals surface area contributed by atoms with Gasteiger partial charge in [0.1, 0.15) is 4.90 Å². The fourth-order valence-corrected chi connectivity index (χ4v) is 2.27. The van der Waals surface area contributed by atoms with Gasteiger partial charge in [0, 0.05) is 0 Å². The second kappa shape index (κ2) is 2.74. The Hall–Kier alpha value is -1.01. The van der Waals surface area contributed by atoms with Crippen LogP contribution >= 0.6 is 11.3 Å². The quantitative estimate of drug-likeness (QED) is 0.686. The summed E-state index contributed by atoms with van der Waals surface area (Å²) in [4.78, 5) is 3.63. The van der Waals surface area contributed by atoms with Crippen LogP contribution in [0, 0.1) is 0 Å². The van der Waals surface area contributed by atoms with E-state index in [2.05, 4.69) is 4.98 Å². The van der Waals surface area contributed by atoms with E-state index in [9.17, 15) is 12.3 Å². The predicted molar refractivity (Wildman–Crippen MR) is 47.9 cm³/mol. The first-order chi connectivity index (χ1) is 6.07. The molecule has 1 aromatic heterocycles. The van der Waals surface area contributed by atoms with Crippen LogP contribution in [0.5, 0.6) is 0 Å². The maximum absolute atomic E-state index is 12.5. The van der Waals surface area contributed by atoms with Gasteiger partial charge in [-0.1, -0.05) is 0 Å². The van der Waals surface area contributed by atoms with E-state index >= 15 is 0 Å². The minimum atomic E-state index is -4.59. The highest BCUT2D eigenvalue weighted by Crippen LogP contribution is 2.22. The van der Waals surface area contributed by atoms with E-state index in [1.165, 1.54) is 29.5 Å². The van der Waals surface area contributed by atoms with Crippen LogP contribution < -0.4 is 0 Å². The Morgan fingerprint density at radius 1 is 1.38 bits per heavy atom. The summed E-state index contributed by atoms with van der Waals surface area (Å²) in [5.74, 6) is 0. The third kappa shape index (κ3) is 1.54. The van der Waals surface area contributed by atoms with E-state index in [4.69, 9.17) is 0 Å². The first kappa shape index (κ1) is 8.58. The first-order valence-corrected chi connectivity index (χ1v) is 5.61. The van der Waals surface area contributed by atoms with Gasteiger partial charge in [-0.15, -0.1) is 15.2 Å². The van der Waals surface area contributed by atoms with Crippen LogP contribution in [0.3, 0.4) is 0 Å². The molecule has 0 saturated heterocycles. The average Bonchev–Trinajstić information content (AvgIpc) is 2.47. The summed E-state index contributed by atoms with van der Waals surface area (Å²) >= 11 is 1.28. The van der Waals surface area contributed by atoms with Crippen LogP contribution in [0.4, 0.5) is 3.89 Å². The van der Waals surface area contributed by atoms with Crippen molar-refractivity contribution in [1.29, 1.82) is 0 Å². The summed E-state index contributed by atoms with van der Waals surface area (Å²) in [6.45, 7) is 0. The molecule has 1 aromatic carbocycles. The van der Waals surface area contributed by atoms with Gasteiger partial charge in [0.15, 0.2) is 0 Å². The normalized spacial score (nSPS) is 12.1. The molecule has 2 aromatic rings. The van der Waals surface area contributed by atoms with Gasteiger partial charge in [-0.2, -0.15) is 8.42 Å². The molecular formula is C7H4FNO2S2. The van der Waals surface area contributed by atoms with Gasteiger partial charge in [0.2, 0.25) is 0 Å². The lowest BCUT2D eigenvalue weighted by Gasteiger charge is -1.92. The topological polar surface area (TPSA) is 47.0 Å². The van der Waals surface area contributed by atoms with Crippen molar-refractivity contribution in [3.63, 3.8) is 0 Å². The molecule has 0 fully saturated rings. The molecule has 0 unspecified atom stereocenters. The van der Waals surface area contributed by atoms with Crippen LogP contribution in [0.1, 0.15) is 0 Å². The molecule has 0 aliphatic carbocycles. The SMILES string of the molecule is O=S(=O)(F)c1ccc2ncsc2c1. The number of hydrogen-bond acceptors (Lipinski definition) is 4. The van der Waals surface area contributed by atoms with E-state index < -0.39 is 10.2 Å². The maximum atomic E-state index is 12.5. The fourth-order valence-electron chi connectivity index (χ4n) is 0.987. The summed E-state index contributed by atoms with van der Waals surface area (Å²) in [6.07, 6.45) is 0. The molecule has 68 valence electrons. The van der Waals surface area contributed by atoms with Crippen LogP contribution in [0.25, 0.3) is 10.2 Å². The van der Waals surface area contributed by atoms with E-state index in [0.29, 0.717) is 10.2 Å². The second-order valence-electron chi connectivity index (χ2n) is 2.42. The fraction of sp³-hybridized carbons (Fsp3) is 0. The van der Waals surface area contributed by atoms with Gasteiger partial charge >= 0.3 is 10.2 Å². The zero-order valence-electron chi connectivity index (χ0n) is 6.27. The molecule has 0 spiro atoms. The molecule has 6 heteroatoms. The van der Waals surface area contributed by atoms with Gasteiger partial charge in [-0.25, -0.2) is 4.98 Å². The van der Waals surface area contributed by atoms with Crippen molar-refractivity contribution < 1.29 is 12.3 Å². The monoisotopic (exact) mass is 217 g/mol. The highest BCUT2D eigenvalue weighted by atomic mass is 32.3. The van der Waals surface area contributed by atoms with Crippen molar-refractivity contribution in [2.24, 2.45) is 0 Å². The minimum absolute atomic E-state index is 0.316. The number of fused-ring (bicyclic) bond motifs is 1. The van der Waals surface area contributed by atoms with Crippen molar-refractivity contribution >= 4 is 31.8 Å². The molecule has 2 rings (SSSR count). The largest absolute Gasteiger partial charge is 0.332 e. The van der Waals surface area contributed by atoms with Gasteiger partial charge in [-0.3, -0.25) is 0 Å². The van der Waals surface area contributed by atoms with E-state index in [1.54, 1.807) is 5.51 Å². The number of thiazole rings is 1. The second-order valence-corrected chi connectivity index (χ2v) is 4.65. The standard InChI is InChI=1S/C7H4FNO2S2/c8-13(10,11)5-1-2-6-7(3-5)12-4-9-6/h1-4H. The first-order valence-electron chi connectivity index (χ1n) is 3.35. The summed E-state index contributed by atoms with van der Waals surface area (Å²) in [7, 11) is -4.59. The molecule has 0 aliphatic rings. The van der Waals surface area contributed by atoms with Gasteiger partial charge in [0.05, 0.1) is 15.7 Å². The van der Waals surface area contributed by atoms with Crippen LogP contribution in [0.2, 0.25) is 0 Å². The number of rotatable bonds is 1. The van der Waals surface area contributed by atoms with Crippen molar-refractivity contribution in [3.8, 4) is 0 Å². The summed E-state index contributed by atoms with van der Waals surface area (Å²) in [6, 6.07) is 3.97. The third-order valence-corrected chi connectivity index (χ3v) is 3.19. The van der Waals surface area contributed by atoms with Crippen LogP contribution in [-0.4, -0.2) is 13.4 Å². The van der Waals surface area contributed by atoms with E-state index in [0.717, 1.165) is 0 Å². The Morgan fingerprint density at radius 3 is 2.85 bits per heavy atom. The zero-order chi connectivity index (χ0) is 9.47. The van der Waals surface area contributed by atoms with Crippen molar-refractivity contribution in [3.05, 3.63) is 23.7 Å². The zero-order valence-corrected chi connectivity index (χ0v) is 7.90. The lowest BCUT2D eigenvalue weighted by molar-refractivity contribution is 0.552. The molecule has 3 nitrogen and oxygen atoms in total. The van der Waals surface area contributed by atoms with Crippen molar-refractivity contribution in [2.75, 3.05) is 0 Å². The van der Waals surface area contributed by atoms with E-state index in [-0.39, 0.29) is 4.90 Å².